The van der Waals surface area contributed by atoms with Crippen molar-refractivity contribution < 1.29 is 4.79 Å². The topological polar surface area (TPSA) is 66.9 Å². The standard InChI is InChI=1S/C13H22N4OS/c1-13(2,3)11-10(19-17-16-11)12(18)15-8-4-7-14-9-5-6-9/h9,14H,4-8H2,1-3H3,(H,15,18). The van der Waals surface area contributed by atoms with Crippen molar-refractivity contribution in [3.05, 3.63) is 10.6 Å². The van der Waals surface area contributed by atoms with Gasteiger partial charge in [-0.1, -0.05) is 25.3 Å². The van der Waals surface area contributed by atoms with Gasteiger partial charge in [0.2, 0.25) is 0 Å². The van der Waals surface area contributed by atoms with Crippen LogP contribution in [-0.4, -0.2) is 34.6 Å². The number of amides is 1. The molecule has 0 spiro atoms. The summed E-state index contributed by atoms with van der Waals surface area (Å²) in [6.07, 6.45) is 3.56. The van der Waals surface area contributed by atoms with E-state index in [1.54, 1.807) is 0 Å². The molecule has 2 N–H and O–H groups in total. The van der Waals surface area contributed by atoms with Crippen molar-refractivity contribution >= 4 is 17.4 Å². The van der Waals surface area contributed by atoms with Gasteiger partial charge in [-0.3, -0.25) is 4.79 Å². The van der Waals surface area contributed by atoms with Crippen LogP contribution in [0.15, 0.2) is 0 Å². The lowest BCUT2D eigenvalue weighted by Crippen LogP contribution is -2.29. The number of nitrogens with zero attached hydrogens (tertiary/aromatic N) is 2. The zero-order valence-electron chi connectivity index (χ0n) is 11.8. The first-order chi connectivity index (χ1) is 8.98. The smallest absolute Gasteiger partial charge is 0.264 e. The van der Waals surface area contributed by atoms with E-state index in [9.17, 15) is 4.79 Å². The summed E-state index contributed by atoms with van der Waals surface area (Å²) < 4.78 is 3.90. The molecule has 0 aliphatic heterocycles. The van der Waals surface area contributed by atoms with Crippen molar-refractivity contribution in [3.8, 4) is 0 Å². The normalized spacial score (nSPS) is 15.5. The van der Waals surface area contributed by atoms with Crippen molar-refractivity contribution in [1.82, 2.24) is 20.2 Å². The molecule has 0 atom stereocenters. The lowest BCUT2D eigenvalue weighted by atomic mass is 9.91. The molecule has 0 unspecified atom stereocenters. The Morgan fingerprint density at radius 3 is 2.74 bits per heavy atom. The van der Waals surface area contributed by atoms with Gasteiger partial charge >= 0.3 is 0 Å². The van der Waals surface area contributed by atoms with E-state index in [0.717, 1.165) is 24.7 Å². The summed E-state index contributed by atoms with van der Waals surface area (Å²) >= 11 is 1.17. The van der Waals surface area contributed by atoms with Crippen LogP contribution in [0, 0.1) is 0 Å². The van der Waals surface area contributed by atoms with Crippen LogP contribution in [0.25, 0.3) is 0 Å². The van der Waals surface area contributed by atoms with Gasteiger partial charge in [-0.25, -0.2) is 0 Å². The van der Waals surface area contributed by atoms with E-state index in [1.807, 2.05) is 20.8 Å². The fraction of sp³-hybridized carbons (Fsp3) is 0.769. The molecule has 6 heteroatoms. The van der Waals surface area contributed by atoms with E-state index in [2.05, 4.69) is 20.2 Å². The second-order valence-corrected chi connectivity index (χ2v) is 6.79. The Morgan fingerprint density at radius 1 is 1.37 bits per heavy atom. The molecule has 1 saturated carbocycles. The van der Waals surface area contributed by atoms with Crippen LogP contribution in [0.3, 0.4) is 0 Å². The highest BCUT2D eigenvalue weighted by Gasteiger charge is 2.26. The lowest BCUT2D eigenvalue weighted by Gasteiger charge is -2.16. The first-order valence-electron chi connectivity index (χ1n) is 6.83. The average molecular weight is 282 g/mol. The third-order valence-electron chi connectivity index (χ3n) is 3.05. The van der Waals surface area contributed by atoms with Gasteiger partial charge in [0.1, 0.15) is 4.88 Å². The molecule has 2 rings (SSSR count). The van der Waals surface area contributed by atoms with E-state index >= 15 is 0 Å². The predicted octanol–water partition coefficient (Wildman–Crippen LogP) is 1.71. The maximum atomic E-state index is 12.1. The first-order valence-corrected chi connectivity index (χ1v) is 7.60. The molecule has 1 aromatic rings. The zero-order valence-corrected chi connectivity index (χ0v) is 12.6. The van der Waals surface area contributed by atoms with Crippen molar-refractivity contribution in [2.24, 2.45) is 0 Å². The number of aromatic nitrogens is 2. The van der Waals surface area contributed by atoms with Crippen molar-refractivity contribution in [3.63, 3.8) is 0 Å². The number of carbonyl (C=O) groups is 1. The van der Waals surface area contributed by atoms with Crippen molar-refractivity contribution in [2.75, 3.05) is 13.1 Å². The fourth-order valence-corrected chi connectivity index (χ4v) is 2.59. The molecule has 1 aliphatic rings. The van der Waals surface area contributed by atoms with E-state index in [0.29, 0.717) is 11.4 Å². The molecular weight excluding hydrogens is 260 g/mol. The molecule has 1 aliphatic carbocycles. The molecule has 0 bridgehead atoms. The number of carbonyl (C=O) groups excluding carboxylic acids is 1. The van der Waals surface area contributed by atoms with Crippen molar-refractivity contribution in [2.45, 2.75) is 51.5 Å². The molecule has 0 aromatic carbocycles. The van der Waals surface area contributed by atoms with Gasteiger partial charge < -0.3 is 10.6 Å². The Kier molecular flexibility index (Phi) is 4.52. The molecule has 1 aromatic heterocycles. The molecule has 1 fully saturated rings. The minimum atomic E-state index is -0.146. The molecule has 19 heavy (non-hydrogen) atoms. The van der Waals surface area contributed by atoms with Gasteiger partial charge in [-0.05, 0) is 37.3 Å². The second-order valence-electron chi connectivity index (χ2n) is 6.04. The molecule has 106 valence electrons. The molecule has 0 saturated heterocycles. The Bertz CT molecular complexity index is 434. The lowest BCUT2D eigenvalue weighted by molar-refractivity contribution is 0.0955. The predicted molar refractivity (Wildman–Crippen MR) is 76.6 cm³/mol. The summed E-state index contributed by atoms with van der Waals surface area (Å²) in [7, 11) is 0. The third kappa shape index (κ3) is 4.24. The summed E-state index contributed by atoms with van der Waals surface area (Å²) in [5, 5.41) is 10.5. The van der Waals surface area contributed by atoms with E-state index in [-0.39, 0.29) is 11.3 Å². The molecule has 1 heterocycles. The Labute approximate surface area is 118 Å². The summed E-state index contributed by atoms with van der Waals surface area (Å²) in [6.45, 7) is 7.79. The van der Waals surface area contributed by atoms with Gasteiger partial charge in [0.05, 0.1) is 5.69 Å². The van der Waals surface area contributed by atoms with Gasteiger partial charge in [-0.2, -0.15) is 0 Å². The summed E-state index contributed by atoms with van der Waals surface area (Å²) in [5.41, 5.74) is 0.638. The van der Waals surface area contributed by atoms with Gasteiger partial charge in [-0.15, -0.1) is 5.10 Å². The quantitative estimate of drug-likeness (QED) is 0.780. The van der Waals surface area contributed by atoms with Crippen LogP contribution in [0.2, 0.25) is 0 Å². The second kappa shape index (κ2) is 5.96. The number of rotatable bonds is 6. The van der Waals surface area contributed by atoms with E-state index in [4.69, 9.17) is 0 Å². The minimum Gasteiger partial charge on any atom is -0.351 e. The molecule has 1 amide bonds. The van der Waals surface area contributed by atoms with Crippen molar-refractivity contribution in [1.29, 1.82) is 0 Å². The van der Waals surface area contributed by atoms with E-state index in [1.165, 1.54) is 24.4 Å². The maximum Gasteiger partial charge on any atom is 0.264 e. The highest BCUT2D eigenvalue weighted by Crippen LogP contribution is 2.25. The highest BCUT2D eigenvalue weighted by atomic mass is 32.1. The van der Waals surface area contributed by atoms with Crippen LogP contribution < -0.4 is 10.6 Å². The zero-order chi connectivity index (χ0) is 13.9. The fourth-order valence-electron chi connectivity index (χ4n) is 1.79. The van der Waals surface area contributed by atoms with Gasteiger partial charge in [0, 0.05) is 18.0 Å². The Balaban J connectivity index is 1.77. The van der Waals surface area contributed by atoms with Crippen LogP contribution in [-0.2, 0) is 5.41 Å². The largest absolute Gasteiger partial charge is 0.351 e. The van der Waals surface area contributed by atoms with Crippen LogP contribution in [0.4, 0.5) is 0 Å². The highest BCUT2D eigenvalue weighted by molar-refractivity contribution is 7.08. The van der Waals surface area contributed by atoms with Crippen LogP contribution in [0.1, 0.15) is 55.4 Å². The number of hydrogen-bond donors (Lipinski definition) is 2. The Morgan fingerprint density at radius 2 is 2.11 bits per heavy atom. The summed E-state index contributed by atoms with van der Waals surface area (Å²) in [6, 6.07) is 0.730. The summed E-state index contributed by atoms with van der Waals surface area (Å²) in [5.74, 6) is -0.0497. The van der Waals surface area contributed by atoms with E-state index < -0.39 is 0 Å². The third-order valence-corrected chi connectivity index (χ3v) is 3.78. The Hall–Kier alpha value is -1.01. The minimum absolute atomic E-state index is 0.0497. The van der Waals surface area contributed by atoms with Crippen LogP contribution >= 0.6 is 11.5 Å². The first kappa shape index (κ1) is 14.4. The monoisotopic (exact) mass is 282 g/mol. The van der Waals surface area contributed by atoms with Crippen LogP contribution in [0.5, 0.6) is 0 Å². The number of hydrogen-bond acceptors (Lipinski definition) is 5. The molecule has 5 nitrogen and oxygen atoms in total. The maximum absolute atomic E-state index is 12.1. The molecular formula is C13H22N4OS. The number of nitrogens with one attached hydrogen (secondary N) is 2. The molecule has 0 radical (unpaired) electrons. The average Bonchev–Trinajstić information content (AvgIpc) is 3.00. The van der Waals surface area contributed by atoms with Gasteiger partial charge in [0.15, 0.2) is 0 Å². The SMILES string of the molecule is CC(C)(C)c1nnsc1C(=O)NCCCNC1CC1. The summed E-state index contributed by atoms with van der Waals surface area (Å²) in [4.78, 5) is 12.7. The van der Waals surface area contributed by atoms with Gasteiger partial charge in [0.25, 0.3) is 5.91 Å².